The third-order valence-corrected chi connectivity index (χ3v) is 5.36. The first-order valence-corrected chi connectivity index (χ1v) is 9.13. The first-order valence-electron chi connectivity index (χ1n) is 7.43. The number of hydrogen-bond acceptors (Lipinski definition) is 4. The Labute approximate surface area is 144 Å². The largest absolute Gasteiger partial charge is 0.351 e. The van der Waals surface area contributed by atoms with Crippen molar-refractivity contribution in [3.05, 3.63) is 62.8 Å². The Kier molecular flexibility index (Phi) is 4.88. The molecule has 0 radical (unpaired) electrons. The molecule has 3 nitrogen and oxygen atoms in total. The van der Waals surface area contributed by atoms with Crippen LogP contribution in [0.15, 0.2) is 41.8 Å². The predicted octanol–water partition coefficient (Wildman–Crippen LogP) is 4.35. The SMILES string of the molecule is Cc1ccc(CC(=O)NCc2ccc(-c3csc(C)n3)s2)cc1. The summed E-state index contributed by atoms with van der Waals surface area (Å²) in [6.07, 6.45) is 0.420. The van der Waals surface area contributed by atoms with Crippen LogP contribution in [0.5, 0.6) is 0 Å². The van der Waals surface area contributed by atoms with Crippen molar-refractivity contribution in [2.24, 2.45) is 0 Å². The van der Waals surface area contributed by atoms with Crippen LogP contribution in [-0.4, -0.2) is 10.9 Å². The van der Waals surface area contributed by atoms with E-state index >= 15 is 0 Å². The Bertz CT molecular complexity index is 803. The second-order valence-electron chi connectivity index (χ2n) is 5.46. The maximum Gasteiger partial charge on any atom is 0.224 e. The highest BCUT2D eigenvalue weighted by Gasteiger charge is 2.08. The number of nitrogens with one attached hydrogen (secondary N) is 1. The summed E-state index contributed by atoms with van der Waals surface area (Å²) in [5.41, 5.74) is 3.27. The van der Waals surface area contributed by atoms with E-state index in [1.165, 1.54) is 5.56 Å². The average molecular weight is 342 g/mol. The topological polar surface area (TPSA) is 42.0 Å². The smallest absolute Gasteiger partial charge is 0.224 e. The van der Waals surface area contributed by atoms with Gasteiger partial charge in [0.05, 0.1) is 28.5 Å². The van der Waals surface area contributed by atoms with Gasteiger partial charge in [-0.2, -0.15) is 0 Å². The molecule has 0 spiro atoms. The zero-order valence-electron chi connectivity index (χ0n) is 13.1. The number of thiazole rings is 1. The molecule has 118 valence electrons. The van der Waals surface area contributed by atoms with Crippen LogP contribution < -0.4 is 5.32 Å². The molecule has 0 aliphatic heterocycles. The zero-order chi connectivity index (χ0) is 16.2. The lowest BCUT2D eigenvalue weighted by molar-refractivity contribution is -0.120. The molecule has 1 aromatic carbocycles. The molecule has 5 heteroatoms. The predicted molar refractivity (Wildman–Crippen MR) is 96.9 cm³/mol. The summed E-state index contributed by atoms with van der Waals surface area (Å²) in [5, 5.41) is 6.13. The fourth-order valence-electron chi connectivity index (χ4n) is 2.23. The van der Waals surface area contributed by atoms with Gasteiger partial charge in [0.15, 0.2) is 0 Å². The van der Waals surface area contributed by atoms with Gasteiger partial charge in [0.25, 0.3) is 0 Å². The molecule has 3 rings (SSSR count). The van der Waals surface area contributed by atoms with Crippen molar-refractivity contribution in [3.63, 3.8) is 0 Å². The van der Waals surface area contributed by atoms with E-state index in [0.717, 1.165) is 26.0 Å². The van der Waals surface area contributed by atoms with Crippen molar-refractivity contribution in [1.82, 2.24) is 10.3 Å². The molecule has 0 aliphatic rings. The molecular formula is C18H18N2OS2. The fraction of sp³-hybridized carbons (Fsp3) is 0.222. The lowest BCUT2D eigenvalue weighted by Gasteiger charge is -2.04. The Morgan fingerprint density at radius 1 is 1.13 bits per heavy atom. The quantitative estimate of drug-likeness (QED) is 0.749. The standard InChI is InChI=1S/C18H18N2OS2/c1-12-3-5-14(6-4-12)9-18(21)19-10-15-7-8-17(23-15)16-11-22-13(2)20-16/h3-8,11H,9-10H2,1-2H3,(H,19,21). The number of hydrogen-bond donors (Lipinski definition) is 1. The maximum absolute atomic E-state index is 12.0. The van der Waals surface area contributed by atoms with Crippen LogP contribution in [0.25, 0.3) is 10.6 Å². The average Bonchev–Trinajstić information content (AvgIpc) is 3.16. The van der Waals surface area contributed by atoms with Crippen molar-refractivity contribution in [2.75, 3.05) is 0 Å². The third-order valence-electron chi connectivity index (χ3n) is 3.48. The van der Waals surface area contributed by atoms with Gasteiger partial charge in [0.2, 0.25) is 5.91 Å². The number of aromatic nitrogens is 1. The number of benzene rings is 1. The highest BCUT2D eigenvalue weighted by molar-refractivity contribution is 7.16. The third kappa shape index (κ3) is 4.27. The number of amides is 1. The maximum atomic E-state index is 12.0. The minimum atomic E-state index is 0.0494. The highest BCUT2D eigenvalue weighted by atomic mass is 32.1. The molecule has 0 unspecified atom stereocenters. The van der Waals surface area contributed by atoms with Crippen LogP contribution in [-0.2, 0) is 17.8 Å². The Balaban J connectivity index is 1.55. The molecular weight excluding hydrogens is 324 g/mol. The van der Waals surface area contributed by atoms with Gasteiger partial charge < -0.3 is 5.32 Å². The van der Waals surface area contributed by atoms with Gasteiger partial charge in [-0.15, -0.1) is 22.7 Å². The van der Waals surface area contributed by atoms with E-state index in [-0.39, 0.29) is 5.91 Å². The summed E-state index contributed by atoms with van der Waals surface area (Å²) in [6.45, 7) is 4.62. The van der Waals surface area contributed by atoms with Gasteiger partial charge >= 0.3 is 0 Å². The first kappa shape index (κ1) is 15.9. The van der Waals surface area contributed by atoms with Crippen LogP contribution in [0.2, 0.25) is 0 Å². The summed E-state index contributed by atoms with van der Waals surface area (Å²) in [5.74, 6) is 0.0494. The second kappa shape index (κ2) is 7.06. The molecule has 2 heterocycles. The molecule has 0 bridgehead atoms. The van der Waals surface area contributed by atoms with Crippen LogP contribution in [0.4, 0.5) is 0 Å². The van der Waals surface area contributed by atoms with E-state index in [0.29, 0.717) is 13.0 Å². The Morgan fingerprint density at radius 2 is 1.91 bits per heavy atom. The van der Waals surface area contributed by atoms with Crippen molar-refractivity contribution in [3.8, 4) is 10.6 Å². The summed E-state index contributed by atoms with van der Waals surface area (Å²) >= 11 is 3.33. The van der Waals surface area contributed by atoms with Gasteiger partial charge in [-0.25, -0.2) is 4.98 Å². The van der Waals surface area contributed by atoms with Crippen LogP contribution in [0.1, 0.15) is 21.0 Å². The number of nitrogens with zero attached hydrogens (tertiary/aromatic N) is 1. The van der Waals surface area contributed by atoms with Crippen LogP contribution in [0.3, 0.4) is 0 Å². The molecule has 1 N–H and O–H groups in total. The molecule has 23 heavy (non-hydrogen) atoms. The Morgan fingerprint density at radius 3 is 2.61 bits per heavy atom. The van der Waals surface area contributed by atoms with Gasteiger partial charge in [-0.05, 0) is 31.5 Å². The normalized spacial score (nSPS) is 10.7. The molecule has 2 aromatic heterocycles. The van der Waals surface area contributed by atoms with Gasteiger partial charge in [0, 0.05) is 10.3 Å². The van der Waals surface area contributed by atoms with Crippen LogP contribution in [0, 0.1) is 13.8 Å². The fourth-order valence-corrected chi connectivity index (χ4v) is 3.82. The van der Waals surface area contributed by atoms with E-state index in [4.69, 9.17) is 0 Å². The highest BCUT2D eigenvalue weighted by Crippen LogP contribution is 2.28. The Hall–Kier alpha value is -1.98. The van der Waals surface area contributed by atoms with Crippen molar-refractivity contribution >= 4 is 28.6 Å². The lowest BCUT2D eigenvalue weighted by Crippen LogP contribution is -2.24. The van der Waals surface area contributed by atoms with Gasteiger partial charge in [-0.3, -0.25) is 4.79 Å². The van der Waals surface area contributed by atoms with Gasteiger partial charge in [-0.1, -0.05) is 29.8 Å². The number of carbonyl (C=O) groups is 1. The van der Waals surface area contributed by atoms with Crippen molar-refractivity contribution in [2.45, 2.75) is 26.8 Å². The number of aryl methyl sites for hydroxylation is 2. The minimum absolute atomic E-state index is 0.0494. The second-order valence-corrected chi connectivity index (χ2v) is 7.69. The number of thiophene rings is 1. The summed E-state index contributed by atoms with van der Waals surface area (Å²) in [4.78, 5) is 18.8. The number of carbonyl (C=O) groups excluding carboxylic acids is 1. The van der Waals surface area contributed by atoms with E-state index < -0.39 is 0 Å². The van der Waals surface area contributed by atoms with Crippen molar-refractivity contribution < 1.29 is 4.79 Å². The first-order chi connectivity index (χ1) is 11.1. The van der Waals surface area contributed by atoms with E-state index in [2.05, 4.69) is 27.8 Å². The molecule has 0 saturated carbocycles. The molecule has 0 aliphatic carbocycles. The van der Waals surface area contributed by atoms with E-state index in [9.17, 15) is 4.79 Å². The summed E-state index contributed by atoms with van der Waals surface area (Å²) < 4.78 is 0. The number of rotatable bonds is 5. The summed E-state index contributed by atoms with van der Waals surface area (Å²) in [6, 6.07) is 12.2. The molecule has 1 amide bonds. The van der Waals surface area contributed by atoms with Gasteiger partial charge in [0.1, 0.15) is 0 Å². The van der Waals surface area contributed by atoms with E-state index in [1.54, 1.807) is 22.7 Å². The van der Waals surface area contributed by atoms with Crippen molar-refractivity contribution in [1.29, 1.82) is 0 Å². The molecule has 3 aromatic rings. The molecule has 0 fully saturated rings. The van der Waals surface area contributed by atoms with Crippen LogP contribution >= 0.6 is 22.7 Å². The minimum Gasteiger partial charge on any atom is -0.351 e. The van der Waals surface area contributed by atoms with E-state index in [1.807, 2.05) is 38.1 Å². The summed E-state index contributed by atoms with van der Waals surface area (Å²) in [7, 11) is 0. The zero-order valence-corrected chi connectivity index (χ0v) is 14.8. The lowest BCUT2D eigenvalue weighted by atomic mass is 10.1. The molecule has 0 atom stereocenters. The molecule has 0 saturated heterocycles. The monoisotopic (exact) mass is 342 g/mol.